The van der Waals surface area contributed by atoms with Gasteiger partial charge in [0.2, 0.25) is 0 Å². The predicted molar refractivity (Wildman–Crippen MR) is 184 cm³/mol. The quantitative estimate of drug-likeness (QED) is 0.170. The molecule has 216 valence electrons. The summed E-state index contributed by atoms with van der Waals surface area (Å²) in [6.45, 7) is 4.27. The van der Waals surface area contributed by atoms with Gasteiger partial charge in [0.15, 0.2) is 4.80 Å². The van der Waals surface area contributed by atoms with Crippen LogP contribution in [0.3, 0.4) is 0 Å². The molecular formula is C32H29I2N3O4S. The van der Waals surface area contributed by atoms with Gasteiger partial charge in [-0.25, -0.2) is 9.79 Å². The summed E-state index contributed by atoms with van der Waals surface area (Å²) in [7, 11) is 3.94. The normalized spacial score (nSPS) is 14.8. The van der Waals surface area contributed by atoms with Crippen molar-refractivity contribution in [2.75, 3.05) is 25.6 Å². The number of thiazole rings is 1. The zero-order valence-corrected chi connectivity index (χ0v) is 28.7. The molecule has 0 bridgehead atoms. The standard InChI is InChI=1S/C32H29I2N3O4S/c1-5-40-31(39)27-19(2)35-32-37(28(27)22-11-13-23(14-12-22)36(3)4)30(38)26(42-32)17-21-15-24(33)29(25(34)16-21)41-18-20-9-7-6-8-10-20/h6-17,28H,5,18H2,1-4H3/b26-17-/t28-/m0/s1. The molecule has 0 unspecified atom stereocenters. The first kappa shape index (κ1) is 30.5. The summed E-state index contributed by atoms with van der Waals surface area (Å²) in [6.07, 6.45) is 1.88. The van der Waals surface area contributed by atoms with E-state index in [0.29, 0.717) is 27.2 Å². The first-order valence-corrected chi connectivity index (χ1v) is 16.3. The first-order chi connectivity index (χ1) is 20.2. The third kappa shape index (κ3) is 6.35. The number of esters is 1. The van der Waals surface area contributed by atoms with Gasteiger partial charge in [0, 0.05) is 19.8 Å². The second-order valence-electron chi connectivity index (χ2n) is 9.88. The Bertz CT molecular complexity index is 1820. The number of carbonyl (C=O) groups excluding carboxylic acids is 1. The highest BCUT2D eigenvalue weighted by molar-refractivity contribution is 14.1. The fourth-order valence-corrected chi connectivity index (χ4v) is 7.92. The van der Waals surface area contributed by atoms with Gasteiger partial charge >= 0.3 is 5.97 Å². The predicted octanol–water partition coefficient (Wildman–Crippen LogP) is 5.65. The number of benzene rings is 3. The van der Waals surface area contributed by atoms with Gasteiger partial charge in [0.05, 0.1) is 35.6 Å². The fourth-order valence-electron chi connectivity index (χ4n) is 4.74. The number of carbonyl (C=O) groups is 1. The summed E-state index contributed by atoms with van der Waals surface area (Å²) in [6, 6.07) is 21.3. The zero-order valence-electron chi connectivity index (χ0n) is 23.6. The molecule has 0 N–H and O–H groups in total. The molecule has 0 amide bonds. The van der Waals surface area contributed by atoms with E-state index >= 15 is 0 Å². The molecule has 0 saturated carbocycles. The van der Waals surface area contributed by atoms with E-state index in [-0.39, 0.29) is 12.2 Å². The Morgan fingerprint density at radius 2 is 1.74 bits per heavy atom. The average molecular weight is 805 g/mol. The molecule has 7 nitrogen and oxygen atoms in total. The maximum Gasteiger partial charge on any atom is 0.338 e. The van der Waals surface area contributed by atoms with Gasteiger partial charge in [-0.05, 0) is 106 Å². The summed E-state index contributed by atoms with van der Waals surface area (Å²) in [4.78, 5) is 34.4. The number of fused-ring (bicyclic) bond motifs is 1. The number of hydrogen-bond donors (Lipinski definition) is 0. The Morgan fingerprint density at radius 1 is 1.07 bits per heavy atom. The summed E-state index contributed by atoms with van der Waals surface area (Å²) in [5.74, 6) is 0.347. The SMILES string of the molecule is CCOC(=O)C1=C(C)N=c2s/c(=C\c3cc(I)c(OCc4ccccc4)c(I)c3)c(=O)n2[C@H]1c1ccc(N(C)C)cc1. The van der Waals surface area contributed by atoms with Crippen molar-refractivity contribution >= 4 is 74.3 Å². The van der Waals surface area contributed by atoms with Crippen LogP contribution >= 0.6 is 56.5 Å². The van der Waals surface area contributed by atoms with Crippen LogP contribution in [0.2, 0.25) is 0 Å². The number of allylic oxidation sites excluding steroid dienone is 1. The Labute approximate surface area is 275 Å². The van der Waals surface area contributed by atoms with Crippen LogP contribution in [0.4, 0.5) is 5.69 Å². The van der Waals surface area contributed by atoms with Gasteiger partial charge < -0.3 is 14.4 Å². The maximum atomic E-state index is 14.0. The van der Waals surface area contributed by atoms with Crippen molar-refractivity contribution in [3.05, 3.63) is 122 Å². The van der Waals surface area contributed by atoms with Crippen molar-refractivity contribution in [2.45, 2.75) is 26.5 Å². The van der Waals surface area contributed by atoms with Crippen LogP contribution in [0, 0.1) is 7.14 Å². The van der Waals surface area contributed by atoms with Crippen LogP contribution in [-0.2, 0) is 16.1 Å². The topological polar surface area (TPSA) is 73.1 Å². The molecule has 0 radical (unpaired) electrons. The molecule has 5 rings (SSSR count). The molecule has 0 spiro atoms. The zero-order chi connectivity index (χ0) is 30.0. The second kappa shape index (κ2) is 13.1. The monoisotopic (exact) mass is 805 g/mol. The van der Waals surface area contributed by atoms with Gasteiger partial charge in [-0.15, -0.1) is 0 Å². The van der Waals surface area contributed by atoms with E-state index in [4.69, 9.17) is 9.47 Å². The first-order valence-electron chi connectivity index (χ1n) is 13.3. The van der Waals surface area contributed by atoms with Gasteiger partial charge in [0.1, 0.15) is 12.4 Å². The molecule has 10 heteroatoms. The molecule has 1 aliphatic rings. The Hall–Kier alpha value is -2.97. The van der Waals surface area contributed by atoms with Crippen LogP contribution < -0.4 is 24.5 Å². The van der Waals surface area contributed by atoms with Crippen molar-refractivity contribution < 1.29 is 14.3 Å². The maximum absolute atomic E-state index is 14.0. The molecular weight excluding hydrogens is 776 g/mol. The molecule has 1 aromatic heterocycles. The summed E-state index contributed by atoms with van der Waals surface area (Å²) in [5.41, 5.74) is 4.53. The highest BCUT2D eigenvalue weighted by atomic mass is 127. The minimum absolute atomic E-state index is 0.204. The van der Waals surface area contributed by atoms with Crippen molar-refractivity contribution in [1.82, 2.24) is 4.57 Å². The highest BCUT2D eigenvalue weighted by Gasteiger charge is 2.33. The lowest BCUT2D eigenvalue weighted by Gasteiger charge is -2.25. The van der Waals surface area contributed by atoms with Crippen LogP contribution in [0.1, 0.15) is 36.6 Å². The number of anilines is 1. The van der Waals surface area contributed by atoms with Crippen LogP contribution in [0.15, 0.2) is 87.8 Å². The molecule has 3 aromatic carbocycles. The van der Waals surface area contributed by atoms with E-state index in [9.17, 15) is 9.59 Å². The van der Waals surface area contributed by atoms with E-state index in [1.807, 2.05) is 91.8 Å². The summed E-state index contributed by atoms with van der Waals surface area (Å²) in [5, 5.41) is 0. The van der Waals surface area contributed by atoms with E-state index in [1.165, 1.54) is 11.3 Å². The molecule has 42 heavy (non-hydrogen) atoms. The van der Waals surface area contributed by atoms with Gasteiger partial charge in [0.25, 0.3) is 5.56 Å². The minimum atomic E-state index is -0.646. The number of halogens is 2. The number of ether oxygens (including phenoxy) is 2. The van der Waals surface area contributed by atoms with Crippen molar-refractivity contribution in [3.63, 3.8) is 0 Å². The highest BCUT2D eigenvalue weighted by Crippen LogP contribution is 2.32. The minimum Gasteiger partial charge on any atom is -0.487 e. The molecule has 0 fully saturated rings. The summed E-state index contributed by atoms with van der Waals surface area (Å²) < 4.78 is 15.6. The third-order valence-electron chi connectivity index (χ3n) is 6.79. The second-order valence-corrected chi connectivity index (χ2v) is 13.2. The molecule has 1 atom stereocenters. The van der Waals surface area contributed by atoms with E-state index < -0.39 is 12.0 Å². The van der Waals surface area contributed by atoms with Gasteiger partial charge in [-0.2, -0.15) is 0 Å². The van der Waals surface area contributed by atoms with Crippen molar-refractivity contribution in [2.24, 2.45) is 4.99 Å². The molecule has 1 aliphatic heterocycles. The molecule has 4 aromatic rings. The van der Waals surface area contributed by atoms with E-state index in [1.54, 1.807) is 18.4 Å². The van der Waals surface area contributed by atoms with Crippen molar-refractivity contribution in [3.8, 4) is 5.75 Å². The van der Waals surface area contributed by atoms with E-state index in [2.05, 4.69) is 50.2 Å². The summed E-state index contributed by atoms with van der Waals surface area (Å²) >= 11 is 5.86. The largest absolute Gasteiger partial charge is 0.487 e. The number of rotatable bonds is 8. The van der Waals surface area contributed by atoms with Gasteiger partial charge in [-0.1, -0.05) is 53.8 Å². The number of nitrogens with zero attached hydrogens (tertiary/aromatic N) is 3. The Kier molecular flexibility index (Phi) is 9.53. The average Bonchev–Trinajstić information content (AvgIpc) is 3.26. The number of aromatic nitrogens is 1. The third-order valence-corrected chi connectivity index (χ3v) is 9.37. The van der Waals surface area contributed by atoms with Crippen LogP contribution in [-0.4, -0.2) is 31.2 Å². The lowest BCUT2D eigenvalue weighted by molar-refractivity contribution is -0.139. The lowest BCUT2D eigenvalue weighted by atomic mass is 9.95. The van der Waals surface area contributed by atoms with Crippen LogP contribution in [0.5, 0.6) is 5.75 Å². The Morgan fingerprint density at radius 3 is 2.36 bits per heavy atom. The molecule has 2 heterocycles. The number of hydrogen-bond acceptors (Lipinski definition) is 7. The smallest absolute Gasteiger partial charge is 0.338 e. The Balaban J connectivity index is 1.57. The molecule has 0 saturated heterocycles. The van der Waals surface area contributed by atoms with E-state index in [0.717, 1.165) is 35.3 Å². The fraction of sp³-hybridized carbons (Fsp3) is 0.219. The van der Waals surface area contributed by atoms with Crippen LogP contribution in [0.25, 0.3) is 6.08 Å². The van der Waals surface area contributed by atoms with Crippen molar-refractivity contribution in [1.29, 1.82) is 0 Å². The lowest BCUT2D eigenvalue weighted by Crippen LogP contribution is -2.39. The molecule has 0 aliphatic carbocycles. The van der Waals surface area contributed by atoms with Gasteiger partial charge in [-0.3, -0.25) is 9.36 Å².